The lowest BCUT2D eigenvalue weighted by Gasteiger charge is -2.46. The molecule has 1 aromatic rings. The fourth-order valence-corrected chi connectivity index (χ4v) is 3.64. The van der Waals surface area contributed by atoms with Crippen LogP contribution < -0.4 is 0 Å². The number of amides is 1. The molecule has 15 heteroatoms. The summed E-state index contributed by atoms with van der Waals surface area (Å²) in [5, 5.41) is 0. The minimum Gasteiger partial charge on any atom is -0.317 e. The van der Waals surface area contributed by atoms with Crippen LogP contribution in [0.4, 0.5) is 52.7 Å². The van der Waals surface area contributed by atoms with E-state index in [4.69, 9.17) is 0 Å². The lowest BCUT2D eigenvalue weighted by Crippen LogP contribution is -2.57. The van der Waals surface area contributed by atoms with E-state index >= 15 is 0 Å². The van der Waals surface area contributed by atoms with Gasteiger partial charge in [-0.1, -0.05) is 30.3 Å². The molecule has 0 aliphatic carbocycles. The first kappa shape index (κ1) is 25.5. The van der Waals surface area contributed by atoms with Crippen LogP contribution in [0.2, 0.25) is 0 Å². The smallest absolute Gasteiger partial charge is 0.317 e. The Morgan fingerprint density at radius 3 is 1.71 bits per heavy atom. The van der Waals surface area contributed by atoms with E-state index in [0.29, 0.717) is 0 Å². The number of nitrogens with zero attached hydrogens (tertiary/aromatic N) is 2. The number of halogens is 12. The van der Waals surface area contributed by atoms with Crippen LogP contribution >= 0.6 is 0 Å². The lowest BCUT2D eigenvalue weighted by molar-refractivity contribution is -0.196. The molecule has 2 aliphatic heterocycles. The van der Waals surface area contributed by atoms with Gasteiger partial charge in [0.2, 0.25) is 0 Å². The third-order valence-corrected chi connectivity index (χ3v) is 4.80. The number of hydrogen-bond donors (Lipinski definition) is 0. The van der Waals surface area contributed by atoms with Crippen LogP contribution in [0.25, 0.3) is 0 Å². The summed E-state index contributed by atoms with van der Waals surface area (Å²) < 4.78 is 165. The summed E-state index contributed by atoms with van der Waals surface area (Å²) in [7, 11) is 0. The van der Waals surface area contributed by atoms with Crippen LogP contribution in [-0.2, 0) is 11.3 Å². The van der Waals surface area contributed by atoms with Gasteiger partial charge in [0.15, 0.2) is 6.04 Å². The molecule has 2 aliphatic rings. The highest BCUT2D eigenvalue weighted by atomic mass is 19.4. The second-order valence-corrected chi connectivity index (χ2v) is 7.06. The minimum atomic E-state index is -6.51. The molecule has 1 unspecified atom stereocenters. The van der Waals surface area contributed by atoms with Crippen molar-refractivity contribution in [2.75, 3.05) is 0 Å². The second-order valence-electron chi connectivity index (χ2n) is 7.06. The van der Waals surface area contributed by atoms with Gasteiger partial charge in [-0.2, -0.15) is 52.7 Å². The number of hydrogen-bond acceptors (Lipinski definition) is 2. The van der Waals surface area contributed by atoms with Gasteiger partial charge in [-0.3, -0.25) is 9.69 Å². The van der Waals surface area contributed by atoms with Gasteiger partial charge in [0, 0.05) is 12.3 Å². The fourth-order valence-electron chi connectivity index (χ4n) is 3.64. The van der Waals surface area contributed by atoms with E-state index in [1.807, 2.05) is 0 Å². The zero-order chi connectivity index (χ0) is 25.9. The summed E-state index contributed by atoms with van der Waals surface area (Å²) in [5.41, 5.74) is -10.1. The summed E-state index contributed by atoms with van der Waals surface area (Å²) >= 11 is 0. The van der Waals surface area contributed by atoms with Gasteiger partial charge in [0.05, 0.1) is 17.7 Å². The van der Waals surface area contributed by atoms with Crippen LogP contribution in [0.1, 0.15) is 5.56 Å². The Bertz CT molecular complexity index is 1060. The first-order chi connectivity index (χ1) is 15.3. The Balaban J connectivity index is 2.48. The highest BCUT2D eigenvalue weighted by Crippen LogP contribution is 2.55. The molecule has 0 radical (unpaired) electrons. The van der Waals surface area contributed by atoms with Crippen molar-refractivity contribution >= 4 is 5.91 Å². The Labute approximate surface area is 182 Å². The molecule has 2 heterocycles. The molecular formula is C19H10F12N2O. The number of allylic oxidation sites excluding steroid dienone is 2. The minimum absolute atomic E-state index is 0.0113. The molecule has 0 bridgehead atoms. The molecule has 0 spiro atoms. The van der Waals surface area contributed by atoms with Gasteiger partial charge in [0.25, 0.3) is 5.91 Å². The van der Waals surface area contributed by atoms with Gasteiger partial charge < -0.3 is 4.90 Å². The van der Waals surface area contributed by atoms with Gasteiger partial charge in [-0.05, 0) is 5.56 Å². The summed E-state index contributed by atoms with van der Waals surface area (Å²) in [6, 6.07) is 2.27. The van der Waals surface area contributed by atoms with E-state index in [-0.39, 0.29) is 22.7 Å². The summed E-state index contributed by atoms with van der Waals surface area (Å²) in [6.07, 6.45) is -25.1. The molecular weight excluding hydrogens is 500 g/mol. The predicted molar refractivity (Wildman–Crippen MR) is 90.0 cm³/mol. The maximum atomic E-state index is 13.9. The number of carbonyl (C=O) groups excluding carboxylic acids is 1. The first-order valence-corrected chi connectivity index (χ1v) is 8.94. The number of alkyl halides is 12. The average Bonchev–Trinajstić information content (AvgIpc) is 2.66. The van der Waals surface area contributed by atoms with Crippen LogP contribution in [0.3, 0.4) is 0 Å². The van der Waals surface area contributed by atoms with Crippen LogP contribution in [0, 0.1) is 0 Å². The average molecular weight is 510 g/mol. The molecule has 3 nitrogen and oxygen atoms in total. The Morgan fingerprint density at radius 1 is 0.735 bits per heavy atom. The third kappa shape index (κ3) is 4.59. The van der Waals surface area contributed by atoms with Crippen molar-refractivity contribution in [3.8, 4) is 0 Å². The standard InChI is InChI=1S/C19H10F12N2O/c20-16(21,22)11-12(17(23,24)25)14(19(29,30)31)32-7-6-10(34)33(8-9-4-2-1-3-5-9)15(32)13(11)18(26,27)28/h1-7,14H,8H2. The van der Waals surface area contributed by atoms with E-state index in [2.05, 4.69) is 0 Å². The van der Waals surface area contributed by atoms with Crippen molar-refractivity contribution in [3.05, 3.63) is 70.7 Å². The van der Waals surface area contributed by atoms with E-state index in [1.54, 1.807) is 0 Å². The van der Waals surface area contributed by atoms with E-state index in [0.717, 1.165) is 0 Å². The first-order valence-electron chi connectivity index (χ1n) is 8.94. The Morgan fingerprint density at radius 2 is 1.26 bits per heavy atom. The maximum absolute atomic E-state index is 13.9. The highest BCUT2D eigenvalue weighted by Gasteiger charge is 2.65. The number of rotatable bonds is 2. The molecule has 34 heavy (non-hydrogen) atoms. The van der Waals surface area contributed by atoms with Crippen molar-refractivity contribution < 1.29 is 57.5 Å². The molecule has 186 valence electrons. The third-order valence-electron chi connectivity index (χ3n) is 4.80. The molecule has 1 amide bonds. The molecule has 0 saturated heterocycles. The summed E-state index contributed by atoms with van der Waals surface area (Å²) in [5.74, 6) is -3.47. The van der Waals surface area contributed by atoms with Crippen molar-refractivity contribution in [1.29, 1.82) is 0 Å². The van der Waals surface area contributed by atoms with Crippen LogP contribution in [-0.4, -0.2) is 46.5 Å². The van der Waals surface area contributed by atoms with Crippen LogP contribution in [0.15, 0.2) is 65.1 Å². The fraction of sp³-hybridized carbons (Fsp3) is 0.316. The zero-order valence-electron chi connectivity index (χ0n) is 16.2. The Kier molecular flexibility index (Phi) is 5.98. The molecule has 0 aromatic heterocycles. The number of benzene rings is 1. The van der Waals surface area contributed by atoms with Crippen molar-refractivity contribution in [2.45, 2.75) is 37.3 Å². The van der Waals surface area contributed by atoms with Crippen molar-refractivity contribution in [2.24, 2.45) is 0 Å². The topological polar surface area (TPSA) is 23.6 Å². The molecule has 0 N–H and O–H groups in total. The number of fused-ring (bicyclic) bond motifs is 1. The van der Waals surface area contributed by atoms with Gasteiger partial charge in [-0.25, -0.2) is 0 Å². The van der Waals surface area contributed by atoms with Gasteiger partial charge >= 0.3 is 24.7 Å². The zero-order valence-corrected chi connectivity index (χ0v) is 16.2. The van der Waals surface area contributed by atoms with E-state index < -0.39 is 70.6 Å². The second kappa shape index (κ2) is 7.98. The molecule has 1 aromatic carbocycles. The highest BCUT2D eigenvalue weighted by molar-refractivity contribution is 5.90. The number of carbonyl (C=O) groups is 1. The summed E-state index contributed by atoms with van der Waals surface area (Å²) in [4.78, 5) is 11.6. The van der Waals surface area contributed by atoms with Crippen molar-refractivity contribution in [1.82, 2.24) is 9.80 Å². The molecule has 1 atom stereocenters. The van der Waals surface area contributed by atoms with E-state index in [1.165, 1.54) is 30.3 Å². The largest absolute Gasteiger partial charge is 0.420 e. The normalized spacial score (nSPS) is 20.4. The predicted octanol–water partition coefficient (Wildman–Crippen LogP) is 5.98. The lowest BCUT2D eigenvalue weighted by atomic mass is 9.87. The van der Waals surface area contributed by atoms with Crippen molar-refractivity contribution in [3.63, 3.8) is 0 Å². The molecule has 0 saturated carbocycles. The van der Waals surface area contributed by atoms with E-state index in [9.17, 15) is 57.5 Å². The summed E-state index contributed by atoms with van der Waals surface area (Å²) in [6.45, 7) is -0.952. The monoisotopic (exact) mass is 510 g/mol. The van der Waals surface area contributed by atoms with Crippen LogP contribution in [0.5, 0.6) is 0 Å². The molecule has 0 fully saturated rings. The molecule has 3 rings (SSSR count). The maximum Gasteiger partial charge on any atom is 0.420 e. The Hall–Kier alpha value is -3.13. The quantitative estimate of drug-likeness (QED) is 0.457. The SMILES string of the molecule is O=C1C=CN2C(=C(C(F)(F)F)C(C(F)(F)F)=C(C(F)(F)F)C2C(F)(F)F)N1Cc1ccccc1. The van der Waals surface area contributed by atoms with Gasteiger partial charge in [-0.15, -0.1) is 0 Å². The van der Waals surface area contributed by atoms with Gasteiger partial charge in [0.1, 0.15) is 11.4 Å².